The lowest BCUT2D eigenvalue weighted by molar-refractivity contribution is -0.129. The molecule has 0 saturated carbocycles. The number of ether oxygens (including phenoxy) is 1. The Hall–Kier alpha value is -3.58. The molecule has 1 atom stereocenters. The van der Waals surface area contributed by atoms with Crippen LogP contribution in [0.5, 0.6) is 5.75 Å². The van der Waals surface area contributed by atoms with Crippen LogP contribution in [0.4, 0.5) is 0 Å². The zero-order valence-corrected chi connectivity index (χ0v) is 20.3. The third-order valence-electron chi connectivity index (χ3n) is 5.60. The highest BCUT2D eigenvalue weighted by Crippen LogP contribution is 2.25. The molecule has 0 spiro atoms. The highest BCUT2D eigenvalue weighted by Gasteiger charge is 2.22. The molecule has 0 bridgehead atoms. The largest absolute Gasteiger partial charge is 0.497 e. The van der Waals surface area contributed by atoms with Crippen molar-refractivity contribution in [1.82, 2.24) is 14.5 Å². The highest BCUT2D eigenvalue weighted by molar-refractivity contribution is 8.00. The number of aromatic nitrogens is 2. The summed E-state index contributed by atoms with van der Waals surface area (Å²) in [5.41, 5.74) is 2.51. The Morgan fingerprint density at radius 2 is 1.68 bits per heavy atom. The van der Waals surface area contributed by atoms with Crippen molar-refractivity contribution >= 4 is 28.6 Å². The summed E-state index contributed by atoms with van der Waals surface area (Å²) in [6, 6.07) is 24.8. The number of thioether (sulfide) groups is 1. The fourth-order valence-corrected chi connectivity index (χ4v) is 4.77. The average molecular weight is 474 g/mol. The second-order valence-electron chi connectivity index (χ2n) is 8.09. The second-order valence-corrected chi connectivity index (χ2v) is 9.40. The van der Waals surface area contributed by atoms with Gasteiger partial charge >= 0.3 is 0 Å². The van der Waals surface area contributed by atoms with Crippen molar-refractivity contribution < 1.29 is 9.53 Å². The lowest BCUT2D eigenvalue weighted by atomic mass is 10.2. The Morgan fingerprint density at radius 3 is 2.38 bits per heavy atom. The van der Waals surface area contributed by atoms with Crippen molar-refractivity contribution in [3.05, 3.63) is 100 Å². The molecular formula is C27H27N3O3S. The smallest absolute Gasteiger partial charge is 0.262 e. The zero-order chi connectivity index (χ0) is 24.1. The van der Waals surface area contributed by atoms with E-state index >= 15 is 0 Å². The van der Waals surface area contributed by atoms with E-state index in [-0.39, 0.29) is 11.5 Å². The molecule has 1 amide bonds. The van der Waals surface area contributed by atoms with Gasteiger partial charge in [-0.05, 0) is 42.3 Å². The van der Waals surface area contributed by atoms with Gasteiger partial charge in [-0.15, -0.1) is 0 Å². The molecular weight excluding hydrogens is 446 g/mol. The van der Waals surface area contributed by atoms with E-state index in [4.69, 9.17) is 9.72 Å². The Kier molecular flexibility index (Phi) is 7.33. The monoisotopic (exact) mass is 473 g/mol. The van der Waals surface area contributed by atoms with Crippen LogP contribution >= 0.6 is 11.8 Å². The number of methoxy groups -OCH3 is 1. The van der Waals surface area contributed by atoms with E-state index in [0.717, 1.165) is 16.9 Å². The summed E-state index contributed by atoms with van der Waals surface area (Å²) in [4.78, 5) is 33.0. The molecule has 0 fully saturated rings. The van der Waals surface area contributed by atoms with Gasteiger partial charge in [-0.1, -0.05) is 66.4 Å². The minimum Gasteiger partial charge on any atom is -0.497 e. The molecule has 174 valence electrons. The topological polar surface area (TPSA) is 64.4 Å². The Morgan fingerprint density at radius 1 is 1.00 bits per heavy atom. The van der Waals surface area contributed by atoms with E-state index < -0.39 is 5.25 Å². The van der Waals surface area contributed by atoms with Crippen LogP contribution < -0.4 is 10.3 Å². The number of nitrogens with zero attached hydrogens (tertiary/aromatic N) is 3. The minimum absolute atomic E-state index is 0.0211. The summed E-state index contributed by atoms with van der Waals surface area (Å²) in [6.07, 6.45) is 0. The molecule has 3 aromatic carbocycles. The van der Waals surface area contributed by atoms with E-state index in [1.54, 1.807) is 29.7 Å². The Balaban J connectivity index is 1.62. The maximum absolute atomic E-state index is 13.4. The van der Waals surface area contributed by atoms with E-state index in [1.807, 2.05) is 79.7 Å². The zero-order valence-electron chi connectivity index (χ0n) is 19.5. The van der Waals surface area contributed by atoms with Crippen LogP contribution in [-0.4, -0.2) is 39.8 Å². The third kappa shape index (κ3) is 5.31. The van der Waals surface area contributed by atoms with Gasteiger partial charge in [-0.3, -0.25) is 14.2 Å². The van der Waals surface area contributed by atoms with Crippen molar-refractivity contribution in [2.24, 2.45) is 0 Å². The molecule has 6 nitrogen and oxygen atoms in total. The number of hydrogen-bond acceptors (Lipinski definition) is 5. The summed E-state index contributed by atoms with van der Waals surface area (Å²) in [6.45, 7) is 2.73. The van der Waals surface area contributed by atoms with Crippen molar-refractivity contribution in [3.8, 4) is 5.75 Å². The first-order valence-corrected chi connectivity index (χ1v) is 11.9. The predicted octanol–water partition coefficient (Wildman–Crippen LogP) is 4.59. The summed E-state index contributed by atoms with van der Waals surface area (Å²) < 4.78 is 6.89. The maximum atomic E-state index is 13.4. The van der Waals surface area contributed by atoms with Gasteiger partial charge in [0.25, 0.3) is 5.56 Å². The summed E-state index contributed by atoms with van der Waals surface area (Å²) in [7, 11) is 3.42. The van der Waals surface area contributed by atoms with Crippen LogP contribution in [-0.2, 0) is 17.9 Å². The first-order valence-electron chi connectivity index (χ1n) is 11.0. The van der Waals surface area contributed by atoms with Crippen LogP contribution in [0.15, 0.2) is 88.8 Å². The van der Waals surface area contributed by atoms with E-state index in [1.165, 1.54) is 11.8 Å². The predicted molar refractivity (Wildman–Crippen MR) is 136 cm³/mol. The fourth-order valence-electron chi connectivity index (χ4n) is 3.74. The molecule has 7 heteroatoms. The summed E-state index contributed by atoms with van der Waals surface area (Å²) in [5, 5.41) is 0.665. The minimum atomic E-state index is -0.413. The normalized spacial score (nSPS) is 11.9. The average Bonchev–Trinajstić information content (AvgIpc) is 2.86. The lowest BCUT2D eigenvalue weighted by Crippen LogP contribution is -2.33. The molecule has 4 aromatic rings. The highest BCUT2D eigenvalue weighted by atomic mass is 32.2. The van der Waals surface area contributed by atoms with Crippen molar-refractivity contribution in [2.75, 3.05) is 14.2 Å². The molecule has 1 unspecified atom stereocenters. The van der Waals surface area contributed by atoms with Crippen LogP contribution in [0.3, 0.4) is 0 Å². The van der Waals surface area contributed by atoms with Gasteiger partial charge in [0.1, 0.15) is 5.75 Å². The molecule has 1 heterocycles. The molecule has 0 aliphatic heterocycles. The van der Waals surface area contributed by atoms with Gasteiger partial charge in [-0.2, -0.15) is 0 Å². The molecule has 0 aliphatic carbocycles. The molecule has 34 heavy (non-hydrogen) atoms. The second kappa shape index (κ2) is 10.6. The lowest BCUT2D eigenvalue weighted by Gasteiger charge is -2.22. The van der Waals surface area contributed by atoms with Crippen LogP contribution in [0, 0.1) is 0 Å². The molecule has 0 aliphatic rings. The number of amides is 1. The molecule has 4 rings (SSSR count). The maximum Gasteiger partial charge on any atom is 0.262 e. The van der Waals surface area contributed by atoms with Gasteiger partial charge in [0.15, 0.2) is 5.16 Å². The van der Waals surface area contributed by atoms with Gasteiger partial charge in [0.2, 0.25) is 5.91 Å². The number of para-hydroxylation sites is 1. The standard InChI is InChI=1S/C27H27N3O3S/c1-19(25(31)29(2)17-20-9-5-4-6-10-20)34-27-28-24-12-8-7-11-23(24)26(32)30(27)18-21-13-15-22(33-3)16-14-21/h4-16,19H,17-18H2,1-3H3. The van der Waals surface area contributed by atoms with Gasteiger partial charge < -0.3 is 9.64 Å². The number of fused-ring (bicyclic) bond motifs is 1. The third-order valence-corrected chi connectivity index (χ3v) is 6.67. The van der Waals surface area contributed by atoms with E-state index in [2.05, 4.69) is 0 Å². The van der Waals surface area contributed by atoms with Gasteiger partial charge in [0, 0.05) is 13.6 Å². The van der Waals surface area contributed by atoms with Gasteiger partial charge in [0.05, 0.1) is 29.8 Å². The first kappa shape index (κ1) is 23.6. The fraction of sp³-hybridized carbons (Fsp3) is 0.222. The number of hydrogen-bond donors (Lipinski definition) is 0. The van der Waals surface area contributed by atoms with Crippen LogP contribution in [0.2, 0.25) is 0 Å². The number of rotatable bonds is 8. The number of carbonyl (C=O) groups excluding carboxylic acids is 1. The SMILES string of the molecule is COc1ccc(Cn2c(SC(C)C(=O)N(C)Cc3ccccc3)nc3ccccc3c2=O)cc1. The molecule has 0 N–H and O–H groups in total. The number of carbonyl (C=O) groups is 1. The summed E-state index contributed by atoms with van der Waals surface area (Å²) >= 11 is 1.31. The van der Waals surface area contributed by atoms with Crippen molar-refractivity contribution in [3.63, 3.8) is 0 Å². The summed E-state index contributed by atoms with van der Waals surface area (Å²) in [5.74, 6) is 0.732. The van der Waals surface area contributed by atoms with E-state index in [0.29, 0.717) is 29.1 Å². The quantitative estimate of drug-likeness (QED) is 0.277. The molecule has 0 saturated heterocycles. The first-order chi connectivity index (χ1) is 16.5. The Bertz CT molecular complexity index is 1340. The van der Waals surface area contributed by atoms with Crippen molar-refractivity contribution in [2.45, 2.75) is 30.4 Å². The molecule has 0 radical (unpaired) electrons. The van der Waals surface area contributed by atoms with Crippen molar-refractivity contribution in [1.29, 1.82) is 0 Å². The molecule has 1 aromatic heterocycles. The van der Waals surface area contributed by atoms with Crippen LogP contribution in [0.1, 0.15) is 18.1 Å². The number of benzene rings is 3. The van der Waals surface area contributed by atoms with Crippen LogP contribution in [0.25, 0.3) is 10.9 Å². The Labute approximate surface area is 203 Å². The van der Waals surface area contributed by atoms with E-state index in [9.17, 15) is 9.59 Å². The van der Waals surface area contributed by atoms with Gasteiger partial charge in [-0.25, -0.2) is 4.98 Å².